The molecule has 1 atom stereocenters. The molecule has 0 bridgehead atoms. The predicted octanol–water partition coefficient (Wildman–Crippen LogP) is 4.39. The molecule has 4 nitrogen and oxygen atoms in total. The van der Waals surface area contributed by atoms with Crippen LogP contribution in [-0.4, -0.2) is 33.0 Å². The maximum atomic E-state index is 13.3. The molecule has 1 N–H and O–H groups in total. The molecule has 1 fully saturated rings. The second-order valence-electron chi connectivity index (χ2n) is 6.59. The van der Waals surface area contributed by atoms with Crippen molar-refractivity contribution in [2.24, 2.45) is 0 Å². The molecule has 0 radical (unpaired) electrons. The van der Waals surface area contributed by atoms with Crippen molar-refractivity contribution in [3.63, 3.8) is 0 Å². The number of sulfonamides is 1. The number of halogens is 3. The van der Waals surface area contributed by atoms with Gasteiger partial charge in [-0.2, -0.15) is 0 Å². The topological polar surface area (TPSA) is 49.4 Å². The molecule has 0 amide bonds. The summed E-state index contributed by atoms with van der Waals surface area (Å²) in [4.78, 5) is 2.12. The van der Waals surface area contributed by atoms with Gasteiger partial charge in [0.2, 0.25) is 0 Å². The van der Waals surface area contributed by atoms with Crippen molar-refractivity contribution in [3.8, 4) is 0 Å². The Morgan fingerprint density at radius 1 is 1.11 bits per heavy atom. The fourth-order valence-corrected chi connectivity index (χ4v) is 4.38. The van der Waals surface area contributed by atoms with Crippen LogP contribution in [-0.2, 0) is 10.0 Å². The summed E-state index contributed by atoms with van der Waals surface area (Å²) in [5, 5.41) is 0. The van der Waals surface area contributed by atoms with Crippen LogP contribution in [0.15, 0.2) is 47.4 Å². The summed E-state index contributed by atoms with van der Waals surface area (Å²) in [6.45, 7) is 5.38. The fraction of sp³-hybridized carbons (Fsp3) is 0.368. The van der Waals surface area contributed by atoms with Crippen molar-refractivity contribution in [1.29, 1.82) is 0 Å². The number of nitrogens with zero attached hydrogens (tertiary/aromatic N) is 1. The fourth-order valence-electron chi connectivity index (χ4n) is 3.31. The summed E-state index contributed by atoms with van der Waals surface area (Å²) in [7, 11) is -3.97. The van der Waals surface area contributed by atoms with Gasteiger partial charge in [0.25, 0.3) is 10.0 Å². The molecule has 1 saturated heterocycles. The summed E-state index contributed by atoms with van der Waals surface area (Å²) >= 11 is 0. The average molecular weight is 417 g/mol. The number of likely N-dealkylation sites (tertiary alicyclic amines) is 1. The zero-order valence-corrected chi connectivity index (χ0v) is 16.6. The molecule has 1 aliphatic rings. The number of hydrogen-bond acceptors (Lipinski definition) is 3. The molecule has 0 spiro atoms. The Hall–Kier alpha value is -1.70. The maximum Gasteiger partial charge on any atom is 0.261 e. The first-order chi connectivity index (χ1) is 12.4. The van der Waals surface area contributed by atoms with Crippen molar-refractivity contribution in [3.05, 3.63) is 59.7 Å². The monoisotopic (exact) mass is 416 g/mol. The molecule has 2 aromatic carbocycles. The summed E-state index contributed by atoms with van der Waals surface area (Å²) < 4.78 is 53.3. The van der Waals surface area contributed by atoms with Gasteiger partial charge >= 0.3 is 0 Å². The van der Waals surface area contributed by atoms with Crippen molar-refractivity contribution < 1.29 is 17.2 Å². The van der Waals surface area contributed by atoms with Gasteiger partial charge in [-0.1, -0.05) is 19.1 Å². The van der Waals surface area contributed by atoms with E-state index in [2.05, 4.69) is 16.5 Å². The van der Waals surface area contributed by atoms with Crippen molar-refractivity contribution in [2.45, 2.75) is 30.6 Å². The zero-order valence-electron chi connectivity index (χ0n) is 15.0. The molecule has 1 heterocycles. The van der Waals surface area contributed by atoms with Crippen LogP contribution >= 0.6 is 12.4 Å². The first-order valence-corrected chi connectivity index (χ1v) is 10.2. The van der Waals surface area contributed by atoms with Crippen LogP contribution in [0.4, 0.5) is 14.5 Å². The van der Waals surface area contributed by atoms with Gasteiger partial charge in [0.1, 0.15) is 0 Å². The lowest BCUT2D eigenvalue weighted by atomic mass is 9.98. The van der Waals surface area contributed by atoms with Gasteiger partial charge in [-0.15, -0.1) is 12.4 Å². The van der Waals surface area contributed by atoms with Crippen molar-refractivity contribution in [1.82, 2.24) is 4.90 Å². The van der Waals surface area contributed by atoms with E-state index in [1.807, 2.05) is 12.1 Å². The highest BCUT2D eigenvalue weighted by molar-refractivity contribution is 7.92. The van der Waals surface area contributed by atoms with Crippen LogP contribution in [0.5, 0.6) is 0 Å². The van der Waals surface area contributed by atoms with E-state index < -0.39 is 21.7 Å². The van der Waals surface area contributed by atoms with Crippen LogP contribution in [0.25, 0.3) is 0 Å². The van der Waals surface area contributed by atoms with Gasteiger partial charge in [-0.3, -0.25) is 4.72 Å². The Morgan fingerprint density at radius 3 is 2.44 bits per heavy atom. The molecular formula is C19H23ClF2N2O2S. The standard InChI is InChI=1S/C19H22F2N2O2S.ClH/c1-2-10-23-11-9-15(13-23)14-3-5-16(6-4-14)22-26(24,25)17-7-8-18(20)19(21)12-17;/h3-8,12,15,22H,2,9-11,13H2,1H3;1H. The van der Waals surface area contributed by atoms with Crippen LogP contribution in [0.3, 0.4) is 0 Å². The van der Waals surface area contributed by atoms with Gasteiger partial charge in [0, 0.05) is 12.2 Å². The first-order valence-electron chi connectivity index (χ1n) is 8.69. The minimum atomic E-state index is -3.97. The van der Waals surface area contributed by atoms with E-state index in [0.717, 1.165) is 44.6 Å². The Morgan fingerprint density at radius 2 is 1.81 bits per heavy atom. The summed E-state index contributed by atoms with van der Waals surface area (Å²) in [5.41, 5.74) is 1.57. The normalized spacial score (nSPS) is 17.5. The SMILES string of the molecule is CCCN1CCC(c2ccc(NS(=O)(=O)c3ccc(F)c(F)c3)cc2)C1.Cl. The number of hydrogen-bond donors (Lipinski definition) is 1. The minimum absolute atomic E-state index is 0. The Bertz CT molecular complexity index is 876. The predicted molar refractivity (Wildman–Crippen MR) is 105 cm³/mol. The van der Waals surface area contributed by atoms with Gasteiger partial charge in [0.15, 0.2) is 11.6 Å². The van der Waals surface area contributed by atoms with E-state index in [9.17, 15) is 17.2 Å². The van der Waals surface area contributed by atoms with Crippen molar-refractivity contribution >= 4 is 28.1 Å². The van der Waals surface area contributed by atoms with Crippen LogP contribution < -0.4 is 4.72 Å². The number of nitrogens with one attached hydrogen (secondary N) is 1. The molecule has 1 unspecified atom stereocenters. The van der Waals surface area contributed by atoms with E-state index in [0.29, 0.717) is 17.7 Å². The molecule has 0 saturated carbocycles. The summed E-state index contributed by atoms with van der Waals surface area (Å²) in [5.74, 6) is -1.82. The smallest absolute Gasteiger partial charge is 0.261 e. The highest BCUT2D eigenvalue weighted by Crippen LogP contribution is 2.28. The van der Waals surface area contributed by atoms with E-state index >= 15 is 0 Å². The second-order valence-corrected chi connectivity index (χ2v) is 8.27. The lowest BCUT2D eigenvalue weighted by molar-refractivity contribution is 0.335. The quantitative estimate of drug-likeness (QED) is 0.759. The number of anilines is 1. The van der Waals surface area contributed by atoms with Crippen molar-refractivity contribution in [2.75, 3.05) is 24.4 Å². The third kappa shape index (κ3) is 5.18. The van der Waals surface area contributed by atoms with E-state index in [4.69, 9.17) is 0 Å². The number of benzene rings is 2. The average Bonchev–Trinajstić information content (AvgIpc) is 3.06. The molecule has 8 heteroatoms. The number of rotatable bonds is 6. The second kappa shape index (κ2) is 8.99. The lowest BCUT2D eigenvalue weighted by Crippen LogP contribution is -2.20. The molecule has 3 rings (SSSR count). The minimum Gasteiger partial charge on any atom is -0.303 e. The van der Waals surface area contributed by atoms with E-state index in [1.54, 1.807) is 12.1 Å². The molecule has 27 heavy (non-hydrogen) atoms. The van der Waals surface area contributed by atoms with E-state index in [1.165, 1.54) is 5.56 Å². The van der Waals surface area contributed by atoms with Gasteiger partial charge in [-0.25, -0.2) is 17.2 Å². The van der Waals surface area contributed by atoms with Gasteiger partial charge in [0.05, 0.1) is 4.90 Å². The van der Waals surface area contributed by atoms with Crippen LogP contribution in [0, 0.1) is 11.6 Å². The van der Waals surface area contributed by atoms with E-state index in [-0.39, 0.29) is 17.3 Å². The Balaban J connectivity index is 0.00000261. The summed E-state index contributed by atoms with van der Waals surface area (Å²) in [6, 6.07) is 9.76. The molecule has 0 aromatic heterocycles. The Kier molecular flexibility index (Phi) is 7.19. The maximum absolute atomic E-state index is 13.3. The molecule has 0 aliphatic carbocycles. The van der Waals surface area contributed by atoms with Crippen LogP contribution in [0.2, 0.25) is 0 Å². The Labute approximate surface area is 165 Å². The largest absolute Gasteiger partial charge is 0.303 e. The summed E-state index contributed by atoms with van der Waals surface area (Å²) in [6.07, 6.45) is 2.23. The van der Waals surface area contributed by atoms with Crippen LogP contribution in [0.1, 0.15) is 31.2 Å². The molecular weight excluding hydrogens is 394 g/mol. The first kappa shape index (κ1) is 21.6. The third-order valence-corrected chi connectivity index (χ3v) is 6.03. The molecule has 1 aliphatic heterocycles. The van der Waals surface area contributed by atoms with Gasteiger partial charge < -0.3 is 4.90 Å². The highest BCUT2D eigenvalue weighted by atomic mass is 35.5. The molecule has 2 aromatic rings. The lowest BCUT2D eigenvalue weighted by Gasteiger charge is -2.15. The zero-order chi connectivity index (χ0) is 18.7. The third-order valence-electron chi connectivity index (χ3n) is 4.65. The highest BCUT2D eigenvalue weighted by Gasteiger charge is 2.23. The van der Waals surface area contributed by atoms with Gasteiger partial charge in [-0.05, 0) is 67.7 Å². The molecule has 148 valence electrons.